The van der Waals surface area contributed by atoms with Gasteiger partial charge in [-0.15, -0.1) is 0 Å². The number of hydrogen-bond donors (Lipinski definition) is 0. The normalized spacial score (nSPS) is 14.6. The minimum absolute atomic E-state index is 0.0175. The fourth-order valence-electron chi connectivity index (χ4n) is 3.18. The highest BCUT2D eigenvalue weighted by molar-refractivity contribution is 5.96. The highest BCUT2D eigenvalue weighted by atomic mass is 19.1. The van der Waals surface area contributed by atoms with E-state index in [0.717, 1.165) is 35.8 Å². The van der Waals surface area contributed by atoms with Crippen LogP contribution in [-0.4, -0.2) is 28.9 Å². The molecule has 1 saturated heterocycles. The van der Waals surface area contributed by atoms with Crippen LogP contribution >= 0.6 is 0 Å². The summed E-state index contributed by atoms with van der Waals surface area (Å²) in [5.74, 6) is 0.197. The Morgan fingerprint density at radius 2 is 1.79 bits per heavy atom. The molecule has 0 spiro atoms. The maximum atomic E-state index is 12.9. The molecule has 0 saturated carbocycles. The summed E-state index contributed by atoms with van der Waals surface area (Å²) in [5.41, 5.74) is 1.60. The van der Waals surface area contributed by atoms with Crippen LogP contribution in [-0.2, 0) is 6.42 Å². The maximum Gasteiger partial charge on any atom is 0.272 e. The van der Waals surface area contributed by atoms with E-state index in [1.165, 1.54) is 12.1 Å². The van der Waals surface area contributed by atoms with Crippen LogP contribution in [0.25, 0.3) is 10.8 Å². The Labute approximate surface area is 139 Å². The van der Waals surface area contributed by atoms with Crippen molar-refractivity contribution in [3.63, 3.8) is 0 Å². The van der Waals surface area contributed by atoms with Gasteiger partial charge in [0.15, 0.2) is 0 Å². The molecule has 1 fully saturated rings. The minimum Gasteiger partial charge on any atom is -0.337 e. The van der Waals surface area contributed by atoms with Crippen LogP contribution in [0, 0.1) is 11.7 Å². The lowest BCUT2D eigenvalue weighted by Gasteiger charge is -2.39. The lowest BCUT2D eigenvalue weighted by molar-refractivity contribution is 0.0495. The zero-order valence-electron chi connectivity index (χ0n) is 13.2. The average molecular weight is 320 g/mol. The van der Waals surface area contributed by atoms with Gasteiger partial charge in [-0.3, -0.25) is 9.78 Å². The molecular weight excluding hydrogens is 303 g/mol. The van der Waals surface area contributed by atoms with E-state index in [2.05, 4.69) is 4.98 Å². The first kappa shape index (κ1) is 14.8. The van der Waals surface area contributed by atoms with Gasteiger partial charge in [-0.1, -0.05) is 36.4 Å². The molecule has 0 atom stereocenters. The second kappa shape index (κ2) is 6.04. The first-order valence-electron chi connectivity index (χ1n) is 8.07. The second-order valence-electron chi connectivity index (χ2n) is 6.32. The molecule has 3 aromatic rings. The van der Waals surface area contributed by atoms with Gasteiger partial charge < -0.3 is 4.90 Å². The Balaban J connectivity index is 1.40. The molecular formula is C20H17FN2O. The minimum atomic E-state index is -0.216. The molecule has 1 aliphatic rings. The van der Waals surface area contributed by atoms with Crippen molar-refractivity contribution >= 4 is 16.7 Å². The summed E-state index contributed by atoms with van der Waals surface area (Å²) in [4.78, 5) is 18.6. The zero-order valence-corrected chi connectivity index (χ0v) is 13.2. The number of benzene rings is 2. The lowest BCUT2D eigenvalue weighted by Crippen LogP contribution is -2.50. The van der Waals surface area contributed by atoms with Gasteiger partial charge in [0, 0.05) is 24.7 Å². The highest BCUT2D eigenvalue weighted by Gasteiger charge is 2.31. The topological polar surface area (TPSA) is 33.2 Å². The van der Waals surface area contributed by atoms with Crippen molar-refractivity contribution in [2.75, 3.05) is 13.1 Å². The molecule has 24 heavy (non-hydrogen) atoms. The van der Waals surface area contributed by atoms with Crippen molar-refractivity contribution in [1.29, 1.82) is 0 Å². The average Bonchev–Trinajstić information content (AvgIpc) is 2.58. The standard InChI is InChI=1S/C20H17FN2O/c21-18-7-5-14(6-8-18)9-15-12-23(13-15)20(24)19-10-16-3-1-2-4-17(16)11-22-19/h1-8,10-11,15H,9,12-13H2. The third-order valence-corrected chi connectivity index (χ3v) is 4.53. The summed E-state index contributed by atoms with van der Waals surface area (Å²) in [7, 11) is 0. The Kier molecular flexibility index (Phi) is 3.73. The van der Waals surface area contributed by atoms with Crippen molar-refractivity contribution in [2.24, 2.45) is 5.92 Å². The van der Waals surface area contributed by atoms with Gasteiger partial charge in [0.1, 0.15) is 11.5 Å². The number of aromatic nitrogens is 1. The molecule has 4 heteroatoms. The van der Waals surface area contributed by atoms with Crippen molar-refractivity contribution < 1.29 is 9.18 Å². The van der Waals surface area contributed by atoms with E-state index < -0.39 is 0 Å². The fourth-order valence-corrected chi connectivity index (χ4v) is 3.18. The van der Waals surface area contributed by atoms with Crippen molar-refractivity contribution in [1.82, 2.24) is 9.88 Å². The summed E-state index contributed by atoms with van der Waals surface area (Å²) < 4.78 is 12.9. The number of carbonyl (C=O) groups is 1. The van der Waals surface area contributed by atoms with E-state index in [4.69, 9.17) is 0 Å². The van der Waals surface area contributed by atoms with E-state index in [1.807, 2.05) is 47.4 Å². The molecule has 2 aromatic carbocycles. The molecule has 2 heterocycles. The Morgan fingerprint density at radius 1 is 1.08 bits per heavy atom. The molecule has 0 radical (unpaired) electrons. The summed E-state index contributed by atoms with van der Waals surface area (Å²) in [5, 5.41) is 2.06. The smallest absolute Gasteiger partial charge is 0.272 e. The van der Waals surface area contributed by atoms with Gasteiger partial charge in [-0.05, 0) is 41.5 Å². The summed E-state index contributed by atoms with van der Waals surface area (Å²) in [6.07, 6.45) is 2.62. The van der Waals surface area contributed by atoms with E-state index in [-0.39, 0.29) is 11.7 Å². The Hall–Kier alpha value is -2.75. The summed E-state index contributed by atoms with van der Waals surface area (Å²) in [6, 6.07) is 16.3. The highest BCUT2D eigenvalue weighted by Crippen LogP contribution is 2.23. The van der Waals surface area contributed by atoms with Crippen LogP contribution in [0.1, 0.15) is 16.1 Å². The van der Waals surface area contributed by atoms with Crippen molar-refractivity contribution in [3.8, 4) is 0 Å². The van der Waals surface area contributed by atoms with Crippen LogP contribution in [0.5, 0.6) is 0 Å². The predicted octanol–water partition coefficient (Wildman–Crippen LogP) is 3.69. The predicted molar refractivity (Wildman–Crippen MR) is 91.2 cm³/mol. The van der Waals surface area contributed by atoms with E-state index in [0.29, 0.717) is 11.6 Å². The molecule has 0 N–H and O–H groups in total. The third kappa shape index (κ3) is 2.87. The van der Waals surface area contributed by atoms with Crippen LogP contribution in [0.4, 0.5) is 4.39 Å². The number of nitrogens with zero attached hydrogens (tertiary/aromatic N) is 2. The van der Waals surface area contributed by atoms with Crippen molar-refractivity contribution in [2.45, 2.75) is 6.42 Å². The van der Waals surface area contributed by atoms with E-state index >= 15 is 0 Å². The van der Waals surface area contributed by atoms with Crippen LogP contribution in [0.15, 0.2) is 60.8 Å². The lowest BCUT2D eigenvalue weighted by atomic mass is 9.92. The number of rotatable bonds is 3. The van der Waals surface area contributed by atoms with Gasteiger partial charge in [0.05, 0.1) is 0 Å². The zero-order chi connectivity index (χ0) is 16.5. The first-order valence-corrected chi connectivity index (χ1v) is 8.07. The van der Waals surface area contributed by atoms with Crippen LogP contribution in [0.2, 0.25) is 0 Å². The molecule has 0 bridgehead atoms. The van der Waals surface area contributed by atoms with E-state index in [9.17, 15) is 9.18 Å². The molecule has 1 amide bonds. The molecule has 1 aliphatic heterocycles. The van der Waals surface area contributed by atoms with Crippen LogP contribution in [0.3, 0.4) is 0 Å². The number of pyridine rings is 1. The molecule has 0 aliphatic carbocycles. The number of likely N-dealkylation sites (tertiary alicyclic amines) is 1. The molecule has 0 unspecified atom stereocenters. The Morgan fingerprint density at radius 3 is 2.54 bits per heavy atom. The number of fused-ring (bicyclic) bond motifs is 1. The largest absolute Gasteiger partial charge is 0.337 e. The molecule has 120 valence electrons. The SMILES string of the molecule is O=C(c1cc2ccccc2cn1)N1CC(Cc2ccc(F)cc2)C1. The molecule has 3 nitrogen and oxygen atoms in total. The third-order valence-electron chi connectivity index (χ3n) is 4.53. The molecule has 4 rings (SSSR count). The van der Waals surface area contributed by atoms with Gasteiger partial charge in [-0.2, -0.15) is 0 Å². The monoisotopic (exact) mass is 320 g/mol. The maximum absolute atomic E-state index is 12.9. The van der Waals surface area contributed by atoms with Gasteiger partial charge in [0.2, 0.25) is 0 Å². The second-order valence-corrected chi connectivity index (χ2v) is 6.32. The Bertz CT molecular complexity index is 886. The van der Waals surface area contributed by atoms with Crippen molar-refractivity contribution in [3.05, 3.63) is 77.9 Å². The number of hydrogen-bond acceptors (Lipinski definition) is 2. The van der Waals surface area contributed by atoms with Gasteiger partial charge >= 0.3 is 0 Å². The quantitative estimate of drug-likeness (QED) is 0.737. The molecule has 1 aromatic heterocycles. The number of amides is 1. The fraction of sp³-hybridized carbons (Fsp3) is 0.200. The summed E-state index contributed by atoms with van der Waals surface area (Å²) >= 11 is 0. The van der Waals surface area contributed by atoms with Gasteiger partial charge in [-0.25, -0.2) is 4.39 Å². The first-order chi connectivity index (χ1) is 11.7. The van der Waals surface area contributed by atoms with E-state index in [1.54, 1.807) is 6.20 Å². The van der Waals surface area contributed by atoms with Gasteiger partial charge in [0.25, 0.3) is 5.91 Å². The summed E-state index contributed by atoms with van der Waals surface area (Å²) in [6.45, 7) is 1.45. The number of carbonyl (C=O) groups excluding carboxylic acids is 1. The number of halogens is 1. The van der Waals surface area contributed by atoms with Crippen LogP contribution < -0.4 is 0 Å².